The van der Waals surface area contributed by atoms with Gasteiger partial charge in [0.1, 0.15) is 5.76 Å². The van der Waals surface area contributed by atoms with Crippen molar-refractivity contribution in [3.05, 3.63) is 51.9 Å². The number of amides is 1. The first-order valence-electron chi connectivity index (χ1n) is 6.57. The summed E-state index contributed by atoms with van der Waals surface area (Å²) in [6, 6.07) is 7.49. The van der Waals surface area contributed by atoms with Gasteiger partial charge in [-0.25, -0.2) is 0 Å². The maximum absolute atomic E-state index is 11.8. The zero-order chi connectivity index (χ0) is 15.2. The fourth-order valence-corrected chi connectivity index (χ4v) is 3.05. The number of carbonyl (C=O) groups excluding carboxylic acids is 1. The van der Waals surface area contributed by atoms with Crippen molar-refractivity contribution in [3.63, 3.8) is 0 Å². The van der Waals surface area contributed by atoms with Gasteiger partial charge < -0.3 is 9.84 Å². The molecule has 21 heavy (non-hydrogen) atoms. The minimum atomic E-state index is -0.00770. The lowest BCUT2D eigenvalue weighted by atomic mass is 10.2. The van der Waals surface area contributed by atoms with E-state index in [4.69, 9.17) is 16.1 Å². The number of halogens is 1. The van der Waals surface area contributed by atoms with Gasteiger partial charge in [0.25, 0.3) is 0 Å². The number of carbonyl (C=O) groups is 1. The maximum Gasteiger partial charge on any atom is 0.230 e. The van der Waals surface area contributed by atoms with Gasteiger partial charge in [-0.05, 0) is 25.5 Å². The molecule has 0 saturated heterocycles. The average molecular weight is 325 g/mol. The van der Waals surface area contributed by atoms with Crippen molar-refractivity contribution in [2.75, 3.05) is 5.75 Å². The van der Waals surface area contributed by atoms with Gasteiger partial charge in [0.15, 0.2) is 0 Å². The highest BCUT2D eigenvalue weighted by Gasteiger charge is 2.10. The predicted octanol–water partition coefficient (Wildman–Crippen LogP) is 3.49. The lowest BCUT2D eigenvalue weighted by Gasteiger charge is -2.06. The number of nitrogens with one attached hydrogen (secondary N) is 1. The molecule has 1 aromatic heterocycles. The third kappa shape index (κ3) is 4.51. The van der Waals surface area contributed by atoms with Crippen molar-refractivity contribution in [1.29, 1.82) is 0 Å². The summed E-state index contributed by atoms with van der Waals surface area (Å²) in [5.74, 6) is 1.93. The van der Waals surface area contributed by atoms with Crippen LogP contribution in [0.3, 0.4) is 0 Å². The Morgan fingerprint density at radius 2 is 2.14 bits per heavy atom. The molecule has 0 saturated carbocycles. The molecule has 1 aromatic carbocycles. The second-order valence-electron chi connectivity index (χ2n) is 4.66. The first kappa shape index (κ1) is 15.9. The van der Waals surface area contributed by atoms with E-state index in [0.29, 0.717) is 17.3 Å². The largest absolute Gasteiger partial charge is 0.361 e. The maximum atomic E-state index is 11.8. The van der Waals surface area contributed by atoms with Crippen LogP contribution in [0, 0.1) is 13.8 Å². The molecule has 0 aliphatic heterocycles. The van der Waals surface area contributed by atoms with E-state index < -0.39 is 0 Å². The summed E-state index contributed by atoms with van der Waals surface area (Å²) in [5, 5.41) is 7.43. The number of thioether (sulfide) groups is 1. The summed E-state index contributed by atoms with van der Waals surface area (Å²) in [4.78, 5) is 11.8. The first-order chi connectivity index (χ1) is 10.1. The smallest absolute Gasteiger partial charge is 0.230 e. The Kier molecular flexibility index (Phi) is 5.70. The van der Waals surface area contributed by atoms with Gasteiger partial charge >= 0.3 is 0 Å². The second kappa shape index (κ2) is 7.52. The molecule has 1 heterocycles. The molecule has 112 valence electrons. The molecule has 2 rings (SSSR count). The van der Waals surface area contributed by atoms with Gasteiger partial charge in [0.2, 0.25) is 5.91 Å². The van der Waals surface area contributed by atoms with E-state index in [1.165, 1.54) is 0 Å². The van der Waals surface area contributed by atoms with Crippen molar-refractivity contribution in [3.8, 4) is 0 Å². The standard InChI is InChI=1S/C15H17ClN2O2S/c1-10-13(11(2)20-18-10)8-21-9-15(19)17-7-12-5-3-4-6-14(12)16/h3-6H,7-9H2,1-2H3,(H,17,19). The number of benzene rings is 1. The molecular formula is C15H17ClN2O2S. The Balaban J connectivity index is 1.74. The van der Waals surface area contributed by atoms with Crippen LogP contribution in [0.4, 0.5) is 0 Å². The fraction of sp³-hybridized carbons (Fsp3) is 0.333. The number of hydrogen-bond donors (Lipinski definition) is 1. The minimum Gasteiger partial charge on any atom is -0.361 e. The second-order valence-corrected chi connectivity index (χ2v) is 6.06. The van der Waals surface area contributed by atoms with Crippen LogP contribution in [0.2, 0.25) is 5.02 Å². The molecule has 0 atom stereocenters. The number of aromatic nitrogens is 1. The van der Waals surface area contributed by atoms with Crippen molar-refractivity contribution in [1.82, 2.24) is 10.5 Å². The van der Waals surface area contributed by atoms with Crippen LogP contribution in [0.15, 0.2) is 28.8 Å². The third-order valence-corrected chi connectivity index (χ3v) is 4.42. The van der Waals surface area contributed by atoms with Gasteiger partial charge in [-0.2, -0.15) is 0 Å². The van der Waals surface area contributed by atoms with E-state index in [9.17, 15) is 4.79 Å². The fourth-order valence-electron chi connectivity index (χ4n) is 1.84. The molecule has 0 radical (unpaired) electrons. The van der Waals surface area contributed by atoms with Crippen molar-refractivity contribution in [2.45, 2.75) is 26.1 Å². The molecule has 0 aliphatic carbocycles. The molecule has 4 nitrogen and oxygen atoms in total. The van der Waals surface area contributed by atoms with E-state index in [2.05, 4.69) is 10.5 Å². The summed E-state index contributed by atoms with van der Waals surface area (Å²) < 4.78 is 5.09. The van der Waals surface area contributed by atoms with Crippen molar-refractivity contribution < 1.29 is 9.32 Å². The van der Waals surface area contributed by atoms with Crippen LogP contribution in [0.1, 0.15) is 22.6 Å². The molecular weight excluding hydrogens is 308 g/mol. The SMILES string of the molecule is Cc1noc(C)c1CSCC(=O)NCc1ccccc1Cl. The number of aryl methyl sites for hydroxylation is 2. The summed E-state index contributed by atoms with van der Waals surface area (Å²) in [6.45, 7) is 4.24. The van der Waals surface area contributed by atoms with Crippen LogP contribution in [-0.4, -0.2) is 16.8 Å². The summed E-state index contributed by atoms with van der Waals surface area (Å²) in [7, 11) is 0. The van der Waals surface area contributed by atoms with Gasteiger partial charge in [0, 0.05) is 22.9 Å². The third-order valence-electron chi connectivity index (χ3n) is 3.09. The molecule has 0 unspecified atom stereocenters. The Bertz CT molecular complexity index is 608. The van der Waals surface area contributed by atoms with Crippen LogP contribution in [-0.2, 0) is 17.1 Å². The van der Waals surface area contributed by atoms with E-state index in [0.717, 1.165) is 28.3 Å². The molecule has 0 aliphatic rings. The monoisotopic (exact) mass is 324 g/mol. The molecule has 6 heteroatoms. The van der Waals surface area contributed by atoms with Crippen LogP contribution < -0.4 is 5.32 Å². The average Bonchev–Trinajstić information content (AvgIpc) is 2.78. The number of hydrogen-bond acceptors (Lipinski definition) is 4. The Labute approximate surface area is 133 Å². The molecule has 1 amide bonds. The van der Waals surface area contributed by atoms with Gasteiger partial charge in [-0.15, -0.1) is 11.8 Å². The summed E-state index contributed by atoms with van der Waals surface area (Å²) >= 11 is 7.58. The minimum absolute atomic E-state index is 0.00770. The normalized spacial score (nSPS) is 10.6. The van der Waals surface area contributed by atoms with Gasteiger partial charge in [-0.3, -0.25) is 4.79 Å². The number of nitrogens with zero attached hydrogens (tertiary/aromatic N) is 1. The molecule has 0 spiro atoms. The quantitative estimate of drug-likeness (QED) is 0.883. The topological polar surface area (TPSA) is 55.1 Å². The van der Waals surface area contributed by atoms with Crippen LogP contribution >= 0.6 is 23.4 Å². The van der Waals surface area contributed by atoms with Crippen molar-refractivity contribution in [2.24, 2.45) is 0 Å². The van der Waals surface area contributed by atoms with Crippen LogP contribution in [0.5, 0.6) is 0 Å². The number of rotatable bonds is 6. The summed E-state index contributed by atoms with van der Waals surface area (Å²) in [5.41, 5.74) is 2.87. The summed E-state index contributed by atoms with van der Waals surface area (Å²) in [6.07, 6.45) is 0. The highest BCUT2D eigenvalue weighted by molar-refractivity contribution is 7.99. The Morgan fingerprint density at radius 3 is 2.81 bits per heavy atom. The first-order valence-corrected chi connectivity index (χ1v) is 8.10. The molecule has 0 fully saturated rings. The molecule has 1 N–H and O–H groups in total. The van der Waals surface area contributed by atoms with Crippen LogP contribution in [0.25, 0.3) is 0 Å². The Morgan fingerprint density at radius 1 is 1.38 bits per heavy atom. The molecule has 0 bridgehead atoms. The van der Waals surface area contributed by atoms with E-state index in [1.807, 2.05) is 38.1 Å². The van der Waals surface area contributed by atoms with Gasteiger partial charge in [0.05, 0.1) is 11.4 Å². The lowest BCUT2D eigenvalue weighted by Crippen LogP contribution is -2.24. The van der Waals surface area contributed by atoms with E-state index in [1.54, 1.807) is 11.8 Å². The van der Waals surface area contributed by atoms with E-state index in [-0.39, 0.29) is 5.91 Å². The zero-order valence-electron chi connectivity index (χ0n) is 12.0. The zero-order valence-corrected chi connectivity index (χ0v) is 13.6. The Hall–Kier alpha value is -1.46. The molecule has 2 aromatic rings. The van der Waals surface area contributed by atoms with Gasteiger partial charge in [-0.1, -0.05) is 35.0 Å². The highest BCUT2D eigenvalue weighted by atomic mass is 35.5. The predicted molar refractivity (Wildman–Crippen MR) is 85.4 cm³/mol. The van der Waals surface area contributed by atoms with E-state index >= 15 is 0 Å². The highest BCUT2D eigenvalue weighted by Crippen LogP contribution is 2.19. The van der Waals surface area contributed by atoms with Crippen molar-refractivity contribution >= 4 is 29.3 Å². The lowest BCUT2D eigenvalue weighted by molar-refractivity contribution is -0.118.